The Balaban J connectivity index is 3.12. The molecule has 4 heteroatoms. The molecule has 1 aromatic heterocycles. The highest BCUT2D eigenvalue weighted by atomic mass is 127. The van der Waals surface area contributed by atoms with E-state index >= 15 is 0 Å². The lowest BCUT2D eigenvalue weighted by Crippen LogP contribution is -2.19. The van der Waals surface area contributed by atoms with Gasteiger partial charge in [-0.1, -0.05) is 6.07 Å². The lowest BCUT2D eigenvalue weighted by molar-refractivity contribution is 0.794. The largest absolute Gasteiger partial charge is 0.328 e. The number of aryl methyl sites for hydroxylation is 2. The third kappa shape index (κ3) is 1.12. The normalized spacial score (nSPS) is 11.0. The van der Waals surface area contributed by atoms with E-state index in [1.807, 2.05) is 18.2 Å². The van der Waals surface area contributed by atoms with Crippen molar-refractivity contribution in [3.8, 4) is 0 Å². The van der Waals surface area contributed by atoms with Gasteiger partial charge in [0.25, 0.3) is 0 Å². The van der Waals surface area contributed by atoms with Gasteiger partial charge in [-0.2, -0.15) is 0 Å². The summed E-state index contributed by atoms with van der Waals surface area (Å²) in [5, 5.41) is 0. The summed E-state index contributed by atoms with van der Waals surface area (Å²) in [5.74, 6) is 0. The Hall–Kier alpha value is -0.780. The highest BCUT2D eigenvalue weighted by molar-refractivity contribution is 14.1. The number of aromatic nitrogens is 2. The Labute approximate surface area is 89.1 Å². The first-order valence-corrected chi connectivity index (χ1v) is 5.00. The van der Waals surface area contributed by atoms with Crippen LogP contribution in [0.1, 0.15) is 0 Å². The monoisotopic (exact) mass is 288 g/mol. The van der Waals surface area contributed by atoms with Crippen LogP contribution < -0.4 is 5.69 Å². The van der Waals surface area contributed by atoms with Gasteiger partial charge < -0.3 is 0 Å². The molecule has 0 radical (unpaired) electrons. The van der Waals surface area contributed by atoms with Crippen molar-refractivity contribution < 1.29 is 0 Å². The van der Waals surface area contributed by atoms with Crippen molar-refractivity contribution in [3.05, 3.63) is 32.3 Å². The van der Waals surface area contributed by atoms with E-state index in [4.69, 9.17) is 0 Å². The van der Waals surface area contributed by atoms with Crippen molar-refractivity contribution in [2.24, 2.45) is 14.1 Å². The summed E-state index contributed by atoms with van der Waals surface area (Å²) in [5.41, 5.74) is 2.02. The first-order chi connectivity index (χ1) is 6.13. The van der Waals surface area contributed by atoms with Crippen LogP contribution in [0.2, 0.25) is 0 Å². The molecule has 0 N–H and O–H groups in total. The fraction of sp³-hybridized carbons (Fsp3) is 0.222. The van der Waals surface area contributed by atoms with E-state index in [1.165, 1.54) is 0 Å². The van der Waals surface area contributed by atoms with Gasteiger partial charge in [0, 0.05) is 17.7 Å². The fourth-order valence-electron chi connectivity index (χ4n) is 1.53. The summed E-state index contributed by atoms with van der Waals surface area (Å²) in [6.07, 6.45) is 0. The van der Waals surface area contributed by atoms with Gasteiger partial charge in [0.05, 0.1) is 11.0 Å². The second kappa shape index (κ2) is 2.87. The molecule has 1 aromatic carbocycles. The number of nitrogens with zero attached hydrogens (tertiary/aromatic N) is 2. The van der Waals surface area contributed by atoms with Crippen LogP contribution in [-0.2, 0) is 14.1 Å². The second-order valence-corrected chi connectivity index (χ2v) is 4.17. The minimum atomic E-state index is 0.0270. The molecule has 0 unspecified atom stereocenters. The Kier molecular flexibility index (Phi) is 1.94. The molecule has 0 aliphatic heterocycles. The molecule has 0 aliphatic rings. The first kappa shape index (κ1) is 8.80. The van der Waals surface area contributed by atoms with E-state index in [-0.39, 0.29) is 5.69 Å². The summed E-state index contributed by atoms with van der Waals surface area (Å²) in [4.78, 5) is 11.6. The molecule has 1 heterocycles. The van der Waals surface area contributed by atoms with Crippen LogP contribution in [0.4, 0.5) is 0 Å². The molecule has 68 valence electrons. The van der Waals surface area contributed by atoms with Gasteiger partial charge in [0.15, 0.2) is 0 Å². The highest BCUT2D eigenvalue weighted by Crippen LogP contribution is 2.17. The van der Waals surface area contributed by atoms with Crippen LogP contribution >= 0.6 is 22.6 Å². The maximum Gasteiger partial charge on any atom is 0.328 e. The maximum absolute atomic E-state index is 11.6. The Morgan fingerprint density at radius 3 is 2.54 bits per heavy atom. The Morgan fingerprint density at radius 1 is 1.23 bits per heavy atom. The lowest BCUT2D eigenvalue weighted by atomic mass is 10.3. The summed E-state index contributed by atoms with van der Waals surface area (Å²) >= 11 is 2.24. The van der Waals surface area contributed by atoms with Gasteiger partial charge in [-0.3, -0.25) is 9.13 Å². The number of hydrogen-bond donors (Lipinski definition) is 0. The Bertz CT molecular complexity index is 524. The molecule has 0 aliphatic carbocycles. The topological polar surface area (TPSA) is 26.9 Å². The molecule has 0 saturated carbocycles. The van der Waals surface area contributed by atoms with Gasteiger partial charge in [-0.15, -0.1) is 0 Å². The number of halogens is 1. The molecule has 0 amide bonds. The number of imidazole rings is 1. The minimum absolute atomic E-state index is 0.0270. The molecule has 2 rings (SSSR count). The molecule has 0 spiro atoms. The predicted molar refractivity (Wildman–Crippen MR) is 60.9 cm³/mol. The van der Waals surface area contributed by atoms with Crippen molar-refractivity contribution in [2.45, 2.75) is 0 Å². The first-order valence-electron chi connectivity index (χ1n) is 3.93. The zero-order valence-corrected chi connectivity index (χ0v) is 9.57. The van der Waals surface area contributed by atoms with Crippen LogP contribution in [-0.4, -0.2) is 9.13 Å². The van der Waals surface area contributed by atoms with E-state index in [0.717, 1.165) is 14.6 Å². The van der Waals surface area contributed by atoms with Gasteiger partial charge in [0.2, 0.25) is 0 Å². The SMILES string of the molecule is Cn1c(=O)n(C)c2c(I)cccc21. The summed E-state index contributed by atoms with van der Waals surface area (Å²) in [7, 11) is 3.59. The van der Waals surface area contributed by atoms with Crippen LogP contribution in [0.5, 0.6) is 0 Å². The van der Waals surface area contributed by atoms with Crippen LogP contribution in [0.3, 0.4) is 0 Å². The van der Waals surface area contributed by atoms with Crippen LogP contribution in [0.15, 0.2) is 23.0 Å². The number of fused-ring (bicyclic) bond motifs is 1. The third-order valence-corrected chi connectivity index (χ3v) is 3.11. The quantitative estimate of drug-likeness (QED) is 0.675. The van der Waals surface area contributed by atoms with E-state index in [2.05, 4.69) is 22.6 Å². The van der Waals surface area contributed by atoms with E-state index in [1.54, 1.807) is 23.2 Å². The number of para-hydroxylation sites is 1. The number of hydrogen-bond acceptors (Lipinski definition) is 1. The van der Waals surface area contributed by atoms with Crippen molar-refractivity contribution in [3.63, 3.8) is 0 Å². The maximum atomic E-state index is 11.6. The molecule has 13 heavy (non-hydrogen) atoms. The smallest absolute Gasteiger partial charge is 0.295 e. The van der Waals surface area contributed by atoms with Gasteiger partial charge in [-0.25, -0.2) is 4.79 Å². The second-order valence-electron chi connectivity index (χ2n) is 3.01. The van der Waals surface area contributed by atoms with Gasteiger partial charge in [-0.05, 0) is 34.7 Å². The molecule has 3 nitrogen and oxygen atoms in total. The predicted octanol–water partition coefficient (Wildman–Crippen LogP) is 1.48. The molecule has 2 aromatic rings. The summed E-state index contributed by atoms with van der Waals surface area (Å²) < 4.78 is 4.45. The van der Waals surface area contributed by atoms with Crippen LogP contribution in [0, 0.1) is 3.57 Å². The number of benzene rings is 1. The number of rotatable bonds is 0. The molecule has 0 atom stereocenters. The van der Waals surface area contributed by atoms with Gasteiger partial charge >= 0.3 is 5.69 Å². The van der Waals surface area contributed by atoms with Crippen molar-refractivity contribution in [1.82, 2.24) is 9.13 Å². The lowest BCUT2D eigenvalue weighted by Gasteiger charge is -1.96. The molecule has 0 bridgehead atoms. The van der Waals surface area contributed by atoms with E-state index < -0.39 is 0 Å². The average molecular weight is 288 g/mol. The zero-order chi connectivity index (χ0) is 9.59. The summed E-state index contributed by atoms with van der Waals surface area (Å²) in [6, 6.07) is 5.92. The van der Waals surface area contributed by atoms with E-state index in [0.29, 0.717) is 0 Å². The van der Waals surface area contributed by atoms with Crippen molar-refractivity contribution >= 4 is 33.6 Å². The summed E-state index contributed by atoms with van der Waals surface area (Å²) in [6.45, 7) is 0. The zero-order valence-electron chi connectivity index (χ0n) is 7.41. The minimum Gasteiger partial charge on any atom is -0.295 e. The molecular weight excluding hydrogens is 279 g/mol. The fourth-order valence-corrected chi connectivity index (χ4v) is 2.38. The third-order valence-electron chi connectivity index (χ3n) is 2.24. The van der Waals surface area contributed by atoms with Crippen molar-refractivity contribution in [1.29, 1.82) is 0 Å². The molecule has 0 fully saturated rings. The van der Waals surface area contributed by atoms with Crippen LogP contribution in [0.25, 0.3) is 11.0 Å². The molecule has 0 saturated heterocycles. The van der Waals surface area contributed by atoms with Gasteiger partial charge in [0.1, 0.15) is 0 Å². The average Bonchev–Trinajstić information content (AvgIpc) is 2.33. The van der Waals surface area contributed by atoms with E-state index in [9.17, 15) is 4.79 Å². The standard InChI is InChI=1S/C9H9IN2O/c1-11-7-5-3-4-6(10)8(7)12(2)9(11)13/h3-5H,1-2H3. The Morgan fingerprint density at radius 2 is 1.92 bits per heavy atom. The molecular formula is C9H9IN2O. The van der Waals surface area contributed by atoms with Crippen molar-refractivity contribution in [2.75, 3.05) is 0 Å². The highest BCUT2D eigenvalue weighted by Gasteiger charge is 2.08.